The SMILES string of the molecule is CN(Cc1cc(=O)[nH]c2ccccc12)C(=O)C1Cc2cc(Cl)ccc2O1. The smallest absolute Gasteiger partial charge is 0.264 e. The van der Waals surface area contributed by atoms with Gasteiger partial charge in [-0.3, -0.25) is 9.59 Å². The van der Waals surface area contributed by atoms with Crippen LogP contribution in [0.4, 0.5) is 0 Å². The Morgan fingerprint density at radius 1 is 1.27 bits per heavy atom. The highest BCUT2D eigenvalue weighted by molar-refractivity contribution is 6.30. The Balaban J connectivity index is 1.55. The van der Waals surface area contributed by atoms with Crippen molar-refractivity contribution in [2.24, 2.45) is 0 Å². The first-order valence-electron chi connectivity index (χ1n) is 8.32. The Morgan fingerprint density at radius 3 is 2.92 bits per heavy atom. The number of para-hydroxylation sites is 1. The number of amides is 1. The summed E-state index contributed by atoms with van der Waals surface area (Å²) in [5, 5.41) is 1.55. The first-order valence-corrected chi connectivity index (χ1v) is 8.70. The third kappa shape index (κ3) is 3.06. The number of rotatable bonds is 3. The first-order chi connectivity index (χ1) is 12.5. The van der Waals surface area contributed by atoms with Crippen LogP contribution in [0, 0.1) is 0 Å². The minimum atomic E-state index is -0.568. The maximum atomic E-state index is 12.8. The van der Waals surface area contributed by atoms with Gasteiger partial charge in [-0.1, -0.05) is 29.8 Å². The van der Waals surface area contributed by atoms with E-state index in [1.165, 1.54) is 6.07 Å². The molecule has 132 valence electrons. The molecule has 1 unspecified atom stereocenters. The zero-order chi connectivity index (χ0) is 18.3. The van der Waals surface area contributed by atoms with Gasteiger partial charge in [-0.2, -0.15) is 0 Å². The van der Waals surface area contributed by atoms with Crippen molar-refractivity contribution in [2.45, 2.75) is 19.1 Å². The molecule has 4 rings (SSSR count). The molecule has 0 aliphatic carbocycles. The molecule has 1 atom stereocenters. The molecule has 0 spiro atoms. The van der Waals surface area contributed by atoms with Crippen molar-refractivity contribution in [1.82, 2.24) is 9.88 Å². The molecule has 1 amide bonds. The summed E-state index contributed by atoms with van der Waals surface area (Å²) in [6.07, 6.45) is -0.0726. The van der Waals surface area contributed by atoms with E-state index in [1.54, 1.807) is 24.1 Å². The second-order valence-electron chi connectivity index (χ2n) is 6.46. The Morgan fingerprint density at radius 2 is 2.08 bits per heavy atom. The quantitative estimate of drug-likeness (QED) is 0.772. The van der Waals surface area contributed by atoms with Crippen LogP contribution in [0.25, 0.3) is 10.9 Å². The molecule has 0 radical (unpaired) electrons. The average Bonchev–Trinajstić information content (AvgIpc) is 3.03. The monoisotopic (exact) mass is 368 g/mol. The number of pyridine rings is 1. The number of halogens is 1. The Kier molecular flexibility index (Phi) is 4.17. The zero-order valence-corrected chi connectivity index (χ0v) is 14.9. The number of aromatic amines is 1. The predicted octanol–water partition coefficient (Wildman–Crippen LogP) is 3.14. The van der Waals surface area contributed by atoms with Gasteiger partial charge >= 0.3 is 0 Å². The van der Waals surface area contributed by atoms with E-state index >= 15 is 0 Å². The number of nitrogens with one attached hydrogen (secondary N) is 1. The third-order valence-electron chi connectivity index (χ3n) is 4.59. The van der Waals surface area contributed by atoms with Crippen LogP contribution in [-0.4, -0.2) is 28.9 Å². The van der Waals surface area contributed by atoms with Crippen LogP contribution < -0.4 is 10.3 Å². The molecular formula is C20H17ClN2O3. The predicted molar refractivity (Wildman–Crippen MR) is 101 cm³/mol. The second kappa shape index (κ2) is 6.50. The number of likely N-dealkylation sites (N-methyl/N-ethyl adjacent to an activating group) is 1. The van der Waals surface area contributed by atoms with E-state index in [-0.39, 0.29) is 11.5 Å². The van der Waals surface area contributed by atoms with E-state index in [4.69, 9.17) is 16.3 Å². The fourth-order valence-electron chi connectivity index (χ4n) is 3.34. The van der Waals surface area contributed by atoms with Crippen LogP contribution in [0.1, 0.15) is 11.1 Å². The zero-order valence-electron chi connectivity index (χ0n) is 14.2. The average molecular weight is 369 g/mol. The van der Waals surface area contributed by atoms with Crippen molar-refractivity contribution in [3.05, 3.63) is 75.0 Å². The van der Waals surface area contributed by atoms with Gasteiger partial charge in [0.1, 0.15) is 5.75 Å². The summed E-state index contributed by atoms with van der Waals surface area (Å²) >= 11 is 6.01. The van der Waals surface area contributed by atoms with E-state index in [0.717, 1.165) is 22.0 Å². The molecule has 1 aromatic heterocycles. The van der Waals surface area contributed by atoms with E-state index in [2.05, 4.69) is 4.98 Å². The topological polar surface area (TPSA) is 62.4 Å². The highest BCUT2D eigenvalue weighted by Crippen LogP contribution is 2.31. The maximum Gasteiger partial charge on any atom is 0.264 e. The van der Waals surface area contributed by atoms with Gasteiger partial charge in [0.05, 0.1) is 0 Å². The van der Waals surface area contributed by atoms with Gasteiger partial charge in [0, 0.05) is 42.0 Å². The molecule has 1 aliphatic rings. The second-order valence-corrected chi connectivity index (χ2v) is 6.90. The molecule has 0 saturated carbocycles. The van der Waals surface area contributed by atoms with Gasteiger partial charge in [0.25, 0.3) is 5.91 Å². The van der Waals surface area contributed by atoms with Crippen molar-refractivity contribution >= 4 is 28.4 Å². The summed E-state index contributed by atoms with van der Waals surface area (Å²) in [6.45, 7) is 0.334. The summed E-state index contributed by atoms with van der Waals surface area (Å²) in [4.78, 5) is 29.1. The standard InChI is InChI=1S/C20H17ClN2O3/c1-23(11-13-10-19(24)22-16-5-3-2-4-15(13)16)20(25)18-9-12-8-14(21)6-7-17(12)26-18/h2-8,10,18H,9,11H2,1H3,(H,22,24). The van der Waals surface area contributed by atoms with Gasteiger partial charge < -0.3 is 14.6 Å². The summed E-state index contributed by atoms with van der Waals surface area (Å²) in [5.74, 6) is 0.574. The van der Waals surface area contributed by atoms with Crippen molar-refractivity contribution in [3.63, 3.8) is 0 Å². The molecule has 3 aromatic rings. The molecule has 6 heteroatoms. The number of carbonyl (C=O) groups excluding carboxylic acids is 1. The highest BCUT2D eigenvalue weighted by atomic mass is 35.5. The Hall–Kier alpha value is -2.79. The molecular weight excluding hydrogens is 352 g/mol. The van der Waals surface area contributed by atoms with Gasteiger partial charge in [-0.25, -0.2) is 0 Å². The lowest BCUT2D eigenvalue weighted by atomic mass is 10.1. The van der Waals surface area contributed by atoms with Gasteiger partial charge in [-0.05, 0) is 35.4 Å². The molecule has 26 heavy (non-hydrogen) atoms. The number of fused-ring (bicyclic) bond motifs is 2. The van der Waals surface area contributed by atoms with E-state index in [9.17, 15) is 9.59 Å². The molecule has 1 N–H and O–H groups in total. The number of aromatic nitrogens is 1. The van der Waals surface area contributed by atoms with Crippen LogP contribution in [-0.2, 0) is 17.8 Å². The summed E-state index contributed by atoms with van der Waals surface area (Å²) in [5.41, 5.74) is 2.32. The Labute approximate surface area is 155 Å². The first kappa shape index (κ1) is 16.7. The largest absolute Gasteiger partial charge is 0.480 e. The number of hydrogen-bond acceptors (Lipinski definition) is 3. The lowest BCUT2D eigenvalue weighted by Crippen LogP contribution is -2.38. The molecule has 0 saturated heterocycles. The molecule has 0 fully saturated rings. The van der Waals surface area contributed by atoms with Crippen molar-refractivity contribution in [2.75, 3.05) is 7.05 Å². The lowest BCUT2D eigenvalue weighted by Gasteiger charge is -2.21. The highest BCUT2D eigenvalue weighted by Gasteiger charge is 2.31. The molecule has 0 bridgehead atoms. The summed E-state index contributed by atoms with van der Waals surface area (Å²) in [7, 11) is 1.72. The number of nitrogens with zero attached hydrogens (tertiary/aromatic N) is 1. The number of H-pyrrole nitrogens is 1. The van der Waals surface area contributed by atoms with Crippen molar-refractivity contribution in [1.29, 1.82) is 0 Å². The van der Waals surface area contributed by atoms with Gasteiger partial charge in [0.15, 0.2) is 6.10 Å². The third-order valence-corrected chi connectivity index (χ3v) is 4.83. The van der Waals surface area contributed by atoms with Crippen LogP contribution in [0.5, 0.6) is 5.75 Å². The Bertz CT molecular complexity index is 1060. The number of carbonyl (C=O) groups is 1. The van der Waals surface area contributed by atoms with E-state index in [1.807, 2.05) is 30.3 Å². The maximum absolute atomic E-state index is 12.8. The minimum Gasteiger partial charge on any atom is -0.480 e. The normalized spacial score (nSPS) is 15.5. The van der Waals surface area contributed by atoms with Crippen LogP contribution in [0.2, 0.25) is 5.02 Å². The molecule has 2 aromatic carbocycles. The number of ether oxygens (including phenoxy) is 1. The van der Waals surface area contributed by atoms with Crippen LogP contribution in [0.15, 0.2) is 53.3 Å². The van der Waals surface area contributed by atoms with Crippen LogP contribution in [0.3, 0.4) is 0 Å². The number of hydrogen-bond donors (Lipinski definition) is 1. The minimum absolute atomic E-state index is 0.123. The van der Waals surface area contributed by atoms with Crippen molar-refractivity contribution < 1.29 is 9.53 Å². The fraction of sp³-hybridized carbons (Fsp3) is 0.200. The van der Waals surface area contributed by atoms with Gasteiger partial charge in [-0.15, -0.1) is 0 Å². The molecule has 1 aliphatic heterocycles. The molecule has 2 heterocycles. The molecule has 5 nitrogen and oxygen atoms in total. The van der Waals surface area contributed by atoms with E-state index < -0.39 is 6.10 Å². The summed E-state index contributed by atoms with van der Waals surface area (Å²) in [6, 6.07) is 14.5. The van der Waals surface area contributed by atoms with Crippen LogP contribution >= 0.6 is 11.6 Å². The van der Waals surface area contributed by atoms with Crippen molar-refractivity contribution in [3.8, 4) is 5.75 Å². The lowest BCUT2D eigenvalue weighted by molar-refractivity contribution is -0.137. The summed E-state index contributed by atoms with van der Waals surface area (Å²) < 4.78 is 5.78. The number of benzene rings is 2. The van der Waals surface area contributed by atoms with E-state index in [0.29, 0.717) is 23.7 Å². The van der Waals surface area contributed by atoms with Gasteiger partial charge in [0.2, 0.25) is 5.56 Å². The fourth-order valence-corrected chi connectivity index (χ4v) is 3.54.